The molecule has 5 heteroatoms. The summed E-state index contributed by atoms with van der Waals surface area (Å²) in [6, 6.07) is 0. The van der Waals surface area contributed by atoms with Gasteiger partial charge in [0.2, 0.25) is 0 Å². The van der Waals surface area contributed by atoms with E-state index in [1.54, 1.807) is 0 Å². The highest BCUT2D eigenvalue weighted by Crippen LogP contribution is 2.36. The lowest BCUT2D eigenvalue weighted by atomic mass is 9.72. The predicted octanol–water partition coefficient (Wildman–Crippen LogP) is 2.56. The molecule has 1 rings (SSSR count). The first-order valence-electron chi connectivity index (χ1n) is 7.94. The van der Waals surface area contributed by atoms with Crippen molar-refractivity contribution < 1.29 is 9.59 Å². The minimum atomic E-state index is -0.635. The summed E-state index contributed by atoms with van der Waals surface area (Å²) in [5.74, 6) is -0.443. The first-order valence-corrected chi connectivity index (χ1v) is 7.94. The van der Waals surface area contributed by atoms with Gasteiger partial charge in [0.15, 0.2) is 0 Å². The van der Waals surface area contributed by atoms with Gasteiger partial charge in [-0.1, -0.05) is 20.8 Å². The second-order valence-electron chi connectivity index (χ2n) is 6.74. The molecule has 0 saturated heterocycles. The van der Waals surface area contributed by atoms with Crippen molar-refractivity contribution in [1.82, 2.24) is 10.3 Å². The van der Waals surface area contributed by atoms with Crippen molar-refractivity contribution in [1.29, 1.82) is 0 Å². The van der Waals surface area contributed by atoms with E-state index < -0.39 is 11.8 Å². The van der Waals surface area contributed by atoms with E-state index >= 15 is 0 Å². The minimum Gasteiger partial charge on any atom is -0.335 e. The van der Waals surface area contributed by atoms with Crippen molar-refractivity contribution in [2.24, 2.45) is 16.4 Å². The van der Waals surface area contributed by atoms with Crippen molar-refractivity contribution in [2.75, 3.05) is 13.1 Å². The van der Waals surface area contributed by atoms with Crippen LogP contribution in [0.25, 0.3) is 0 Å². The lowest BCUT2D eigenvalue weighted by molar-refractivity contribution is -0.145. The van der Waals surface area contributed by atoms with Gasteiger partial charge in [-0.2, -0.15) is 5.10 Å². The van der Waals surface area contributed by atoms with E-state index in [0.717, 1.165) is 31.4 Å². The van der Waals surface area contributed by atoms with E-state index in [9.17, 15) is 9.59 Å². The summed E-state index contributed by atoms with van der Waals surface area (Å²) in [5, 5.41) is 4.14. The molecule has 0 unspecified atom stereocenters. The molecule has 1 fully saturated rings. The van der Waals surface area contributed by atoms with E-state index in [0.29, 0.717) is 24.4 Å². The van der Waals surface area contributed by atoms with Crippen LogP contribution in [0.15, 0.2) is 5.10 Å². The maximum atomic E-state index is 11.8. The Balaban J connectivity index is 2.48. The summed E-state index contributed by atoms with van der Waals surface area (Å²) in [7, 11) is 0. The molecule has 1 aliphatic carbocycles. The Kier molecular flexibility index (Phi) is 6.37. The lowest BCUT2D eigenvalue weighted by Crippen LogP contribution is -2.41. The molecule has 2 amide bonds. The lowest BCUT2D eigenvalue weighted by Gasteiger charge is -2.34. The Hall–Kier alpha value is -1.39. The Bertz CT molecular complexity index is 396. The van der Waals surface area contributed by atoms with Gasteiger partial charge in [0, 0.05) is 18.8 Å². The fourth-order valence-electron chi connectivity index (χ4n) is 2.76. The van der Waals surface area contributed by atoms with E-state index in [-0.39, 0.29) is 0 Å². The van der Waals surface area contributed by atoms with Gasteiger partial charge in [-0.05, 0) is 50.9 Å². The molecule has 0 aromatic heterocycles. The highest BCUT2D eigenvalue weighted by molar-refractivity contribution is 6.35. The van der Waals surface area contributed by atoms with Crippen molar-refractivity contribution in [3.63, 3.8) is 0 Å². The van der Waals surface area contributed by atoms with Gasteiger partial charge in [0.05, 0.1) is 0 Å². The number of nitrogens with zero attached hydrogens (tertiary/aromatic N) is 2. The zero-order valence-electron chi connectivity index (χ0n) is 14.0. The van der Waals surface area contributed by atoms with Gasteiger partial charge in [0.25, 0.3) is 0 Å². The molecule has 21 heavy (non-hydrogen) atoms. The number of hydrogen-bond acceptors (Lipinski definition) is 3. The first kappa shape index (κ1) is 17.7. The molecule has 0 spiro atoms. The van der Waals surface area contributed by atoms with Crippen LogP contribution in [0.2, 0.25) is 0 Å². The Labute approximate surface area is 128 Å². The van der Waals surface area contributed by atoms with Gasteiger partial charge in [-0.25, -0.2) is 5.43 Å². The summed E-state index contributed by atoms with van der Waals surface area (Å²) >= 11 is 0. The van der Waals surface area contributed by atoms with E-state index in [4.69, 9.17) is 0 Å². The first-order chi connectivity index (χ1) is 9.79. The Morgan fingerprint density at radius 2 is 1.71 bits per heavy atom. The molecule has 0 radical (unpaired) electrons. The smallest absolute Gasteiger partial charge is 0.329 e. The number of hydrogen-bond donors (Lipinski definition) is 1. The fourth-order valence-corrected chi connectivity index (χ4v) is 2.76. The topological polar surface area (TPSA) is 61.8 Å². The molecule has 0 atom stereocenters. The molecule has 0 bridgehead atoms. The third-order valence-electron chi connectivity index (χ3n) is 4.35. The average molecular weight is 295 g/mol. The standard InChI is InChI=1S/C16H29N3O2/c1-6-19(7-2)15(21)14(20)18-17-13-10-8-12(9-11-13)16(3,4)5/h12H,6-11H2,1-5H3,(H,18,20). The van der Waals surface area contributed by atoms with Crippen molar-refractivity contribution in [2.45, 2.75) is 60.3 Å². The third-order valence-corrected chi connectivity index (χ3v) is 4.35. The zero-order chi connectivity index (χ0) is 16.0. The molecular formula is C16H29N3O2. The predicted molar refractivity (Wildman–Crippen MR) is 84.9 cm³/mol. The molecule has 0 aromatic carbocycles. The number of rotatable bonds is 3. The SMILES string of the molecule is CCN(CC)C(=O)C(=O)NN=C1CCC(C(C)(C)C)CC1. The average Bonchev–Trinajstić information content (AvgIpc) is 2.45. The number of nitrogens with one attached hydrogen (secondary N) is 1. The van der Waals surface area contributed by atoms with Gasteiger partial charge in [-0.3, -0.25) is 9.59 Å². The molecule has 1 saturated carbocycles. The molecule has 1 N–H and O–H groups in total. The number of carbonyl (C=O) groups excluding carboxylic acids is 2. The number of amides is 2. The highest BCUT2D eigenvalue weighted by atomic mass is 16.2. The zero-order valence-corrected chi connectivity index (χ0v) is 14.0. The summed E-state index contributed by atoms with van der Waals surface area (Å²) in [6.45, 7) is 11.6. The second kappa shape index (κ2) is 7.57. The molecule has 0 aliphatic heterocycles. The van der Waals surface area contributed by atoms with Crippen molar-refractivity contribution in [3.8, 4) is 0 Å². The van der Waals surface area contributed by atoms with Crippen LogP contribution in [0.1, 0.15) is 60.3 Å². The number of carbonyl (C=O) groups is 2. The van der Waals surface area contributed by atoms with Gasteiger partial charge >= 0.3 is 11.8 Å². The number of hydrazone groups is 1. The van der Waals surface area contributed by atoms with Crippen LogP contribution in [-0.2, 0) is 9.59 Å². The maximum Gasteiger partial charge on any atom is 0.329 e. The summed E-state index contributed by atoms with van der Waals surface area (Å²) in [5.41, 5.74) is 3.74. The van der Waals surface area contributed by atoms with Crippen LogP contribution in [0.4, 0.5) is 0 Å². The van der Waals surface area contributed by atoms with Crippen LogP contribution in [-0.4, -0.2) is 35.5 Å². The van der Waals surface area contributed by atoms with Crippen LogP contribution in [0.3, 0.4) is 0 Å². The summed E-state index contributed by atoms with van der Waals surface area (Å²) < 4.78 is 0. The monoisotopic (exact) mass is 295 g/mol. The Morgan fingerprint density at radius 3 is 2.14 bits per heavy atom. The van der Waals surface area contributed by atoms with Crippen LogP contribution < -0.4 is 5.43 Å². The van der Waals surface area contributed by atoms with Gasteiger partial charge in [-0.15, -0.1) is 0 Å². The van der Waals surface area contributed by atoms with Crippen LogP contribution >= 0.6 is 0 Å². The highest BCUT2D eigenvalue weighted by Gasteiger charge is 2.28. The molecule has 120 valence electrons. The minimum absolute atomic E-state index is 0.327. The van der Waals surface area contributed by atoms with E-state index in [1.165, 1.54) is 4.90 Å². The summed E-state index contributed by atoms with van der Waals surface area (Å²) in [4.78, 5) is 25.1. The Morgan fingerprint density at radius 1 is 1.19 bits per heavy atom. The largest absolute Gasteiger partial charge is 0.335 e. The van der Waals surface area contributed by atoms with Crippen molar-refractivity contribution >= 4 is 17.5 Å². The van der Waals surface area contributed by atoms with E-state index in [2.05, 4.69) is 31.3 Å². The van der Waals surface area contributed by atoms with Crippen LogP contribution in [0.5, 0.6) is 0 Å². The quantitative estimate of drug-likeness (QED) is 0.642. The van der Waals surface area contributed by atoms with E-state index in [1.807, 2.05) is 13.8 Å². The van der Waals surface area contributed by atoms with Gasteiger partial charge < -0.3 is 4.90 Å². The fraction of sp³-hybridized carbons (Fsp3) is 0.812. The van der Waals surface area contributed by atoms with Crippen LogP contribution in [0, 0.1) is 11.3 Å². The maximum absolute atomic E-state index is 11.8. The molecular weight excluding hydrogens is 266 g/mol. The number of likely N-dealkylation sites (N-methyl/N-ethyl adjacent to an activating group) is 1. The third kappa shape index (κ3) is 5.14. The molecule has 5 nitrogen and oxygen atoms in total. The van der Waals surface area contributed by atoms with Gasteiger partial charge in [0.1, 0.15) is 0 Å². The molecule has 1 aliphatic rings. The normalized spacial score (nSPS) is 19.1. The second-order valence-corrected chi connectivity index (χ2v) is 6.74. The summed E-state index contributed by atoms with van der Waals surface area (Å²) in [6.07, 6.45) is 4.01. The molecule has 0 heterocycles. The molecule has 0 aromatic rings. The van der Waals surface area contributed by atoms with Crippen molar-refractivity contribution in [3.05, 3.63) is 0 Å².